The summed E-state index contributed by atoms with van der Waals surface area (Å²) in [6.45, 7) is 9.61. The van der Waals surface area contributed by atoms with Gasteiger partial charge < -0.3 is 5.32 Å². The van der Waals surface area contributed by atoms with Crippen molar-refractivity contribution in [2.45, 2.75) is 41.2 Å². The van der Waals surface area contributed by atoms with E-state index in [-0.39, 0.29) is 11.8 Å². The van der Waals surface area contributed by atoms with Gasteiger partial charge in [0.15, 0.2) is 10.8 Å². The van der Waals surface area contributed by atoms with E-state index in [0.717, 1.165) is 31.7 Å². The van der Waals surface area contributed by atoms with Crippen molar-refractivity contribution in [3.8, 4) is 10.6 Å². The summed E-state index contributed by atoms with van der Waals surface area (Å²) in [5.74, 6) is -0.338. The van der Waals surface area contributed by atoms with Crippen LogP contribution in [0.4, 0.5) is 5.13 Å². The molecule has 4 heterocycles. The monoisotopic (exact) mass is 454 g/mol. The van der Waals surface area contributed by atoms with Crippen LogP contribution in [0.5, 0.6) is 0 Å². The minimum absolute atomic E-state index is 0.0624. The second-order valence-electron chi connectivity index (χ2n) is 7.29. The van der Waals surface area contributed by atoms with Gasteiger partial charge in [-0.1, -0.05) is 0 Å². The Morgan fingerprint density at radius 2 is 1.87 bits per heavy atom. The number of nitrogens with one attached hydrogen (secondary N) is 2. The first-order valence-corrected chi connectivity index (χ1v) is 11.3. The van der Waals surface area contributed by atoms with Crippen molar-refractivity contribution in [1.82, 2.24) is 24.9 Å². The lowest BCUT2D eigenvalue weighted by Gasteiger charge is -2.03. The number of aromatic nitrogens is 4. The van der Waals surface area contributed by atoms with Crippen LogP contribution in [0.3, 0.4) is 0 Å². The van der Waals surface area contributed by atoms with E-state index in [1.807, 2.05) is 39.0 Å². The summed E-state index contributed by atoms with van der Waals surface area (Å²) in [5.41, 5.74) is 4.20. The normalized spacial score (nSPS) is 11.1. The Labute approximate surface area is 187 Å². The molecule has 0 saturated carbocycles. The molecule has 0 bridgehead atoms. The standard InChI is InChI=1S/C21H22N6O2S2/c1-10-8-11(2)27-19(23-10)17(12(3)26-27)20(29)25-21-24-18(13(4)30-21)16-7-6-15(31-16)9-22-14(5)28/h6-8H,9H2,1-5H3,(H,22,28)(H,24,25,29). The van der Waals surface area contributed by atoms with Gasteiger partial charge in [-0.05, 0) is 45.9 Å². The van der Waals surface area contributed by atoms with Crippen molar-refractivity contribution in [3.05, 3.63) is 50.6 Å². The van der Waals surface area contributed by atoms with Crippen LogP contribution in [-0.2, 0) is 11.3 Å². The number of nitrogens with zero attached hydrogens (tertiary/aromatic N) is 4. The van der Waals surface area contributed by atoms with Crippen LogP contribution in [0, 0.1) is 27.7 Å². The lowest BCUT2D eigenvalue weighted by atomic mass is 10.2. The largest absolute Gasteiger partial charge is 0.351 e. The van der Waals surface area contributed by atoms with Gasteiger partial charge in [-0.2, -0.15) is 5.10 Å². The molecule has 0 unspecified atom stereocenters. The Morgan fingerprint density at radius 3 is 2.61 bits per heavy atom. The fraction of sp³-hybridized carbons (Fsp3) is 0.286. The predicted molar refractivity (Wildman–Crippen MR) is 123 cm³/mol. The molecule has 4 rings (SSSR count). The molecule has 8 nitrogen and oxygen atoms in total. The maximum Gasteiger partial charge on any atom is 0.263 e. The number of thiophene rings is 1. The number of anilines is 1. The van der Waals surface area contributed by atoms with Gasteiger partial charge in [-0.15, -0.1) is 22.7 Å². The average Bonchev–Trinajstić information content (AvgIpc) is 3.37. The molecule has 2 N–H and O–H groups in total. The van der Waals surface area contributed by atoms with Crippen molar-refractivity contribution in [2.75, 3.05) is 5.32 Å². The molecule has 0 aliphatic heterocycles. The summed E-state index contributed by atoms with van der Waals surface area (Å²) >= 11 is 3.00. The number of carbonyl (C=O) groups is 2. The first-order valence-electron chi connectivity index (χ1n) is 9.69. The molecule has 31 heavy (non-hydrogen) atoms. The number of amides is 2. The summed E-state index contributed by atoms with van der Waals surface area (Å²) in [4.78, 5) is 36.4. The van der Waals surface area contributed by atoms with Gasteiger partial charge in [-0.25, -0.2) is 14.5 Å². The first kappa shape index (κ1) is 21.1. The van der Waals surface area contributed by atoms with E-state index in [9.17, 15) is 9.59 Å². The fourth-order valence-corrected chi connectivity index (χ4v) is 5.22. The number of hydrogen-bond donors (Lipinski definition) is 2. The second-order valence-corrected chi connectivity index (χ2v) is 9.66. The molecule has 0 saturated heterocycles. The number of fused-ring (bicyclic) bond motifs is 1. The highest BCUT2D eigenvalue weighted by Crippen LogP contribution is 2.35. The van der Waals surface area contributed by atoms with Crippen LogP contribution in [0.1, 0.15) is 44.1 Å². The Kier molecular flexibility index (Phi) is 5.59. The zero-order valence-electron chi connectivity index (χ0n) is 17.9. The van der Waals surface area contributed by atoms with E-state index >= 15 is 0 Å². The SMILES string of the molecule is CC(=O)NCc1ccc(-c2nc(NC(=O)c3c(C)nn4c(C)cc(C)nc34)sc2C)s1. The van der Waals surface area contributed by atoms with E-state index in [0.29, 0.717) is 28.6 Å². The van der Waals surface area contributed by atoms with Crippen LogP contribution < -0.4 is 10.6 Å². The van der Waals surface area contributed by atoms with E-state index in [1.165, 1.54) is 18.3 Å². The van der Waals surface area contributed by atoms with Crippen LogP contribution in [-0.4, -0.2) is 31.4 Å². The fourth-order valence-electron chi connectivity index (χ4n) is 3.34. The molecule has 0 spiro atoms. The van der Waals surface area contributed by atoms with Gasteiger partial charge in [0.05, 0.1) is 22.8 Å². The lowest BCUT2D eigenvalue weighted by Crippen LogP contribution is -2.17. The van der Waals surface area contributed by atoms with Gasteiger partial charge >= 0.3 is 0 Å². The van der Waals surface area contributed by atoms with E-state index in [1.54, 1.807) is 22.8 Å². The zero-order chi connectivity index (χ0) is 22.3. The van der Waals surface area contributed by atoms with Gasteiger partial charge in [0, 0.05) is 28.1 Å². The van der Waals surface area contributed by atoms with E-state index in [4.69, 9.17) is 0 Å². The first-order chi connectivity index (χ1) is 14.7. The summed E-state index contributed by atoms with van der Waals surface area (Å²) in [6, 6.07) is 5.89. The molecule has 2 amide bonds. The number of hydrogen-bond acceptors (Lipinski definition) is 7. The molecule has 0 aliphatic rings. The van der Waals surface area contributed by atoms with Crippen molar-refractivity contribution in [3.63, 3.8) is 0 Å². The van der Waals surface area contributed by atoms with Gasteiger partial charge in [0.25, 0.3) is 5.91 Å². The Balaban J connectivity index is 1.59. The van der Waals surface area contributed by atoms with E-state index in [2.05, 4.69) is 25.7 Å². The topological polar surface area (TPSA) is 101 Å². The highest BCUT2D eigenvalue weighted by molar-refractivity contribution is 7.18. The van der Waals surface area contributed by atoms with Crippen LogP contribution in [0.2, 0.25) is 0 Å². The molecule has 10 heteroatoms. The molecular formula is C21H22N6O2S2. The van der Waals surface area contributed by atoms with Gasteiger partial charge in [-0.3, -0.25) is 14.9 Å². The smallest absolute Gasteiger partial charge is 0.263 e. The van der Waals surface area contributed by atoms with Crippen LogP contribution >= 0.6 is 22.7 Å². The third-order valence-electron chi connectivity index (χ3n) is 4.72. The summed E-state index contributed by atoms with van der Waals surface area (Å²) in [7, 11) is 0. The van der Waals surface area contributed by atoms with Crippen molar-refractivity contribution >= 4 is 45.3 Å². The van der Waals surface area contributed by atoms with Gasteiger partial charge in [0.1, 0.15) is 5.56 Å². The van der Waals surface area contributed by atoms with Crippen molar-refractivity contribution in [2.24, 2.45) is 0 Å². The predicted octanol–water partition coefficient (Wildman–Crippen LogP) is 4.04. The molecule has 4 aromatic heterocycles. The van der Waals surface area contributed by atoms with Crippen LogP contribution in [0.15, 0.2) is 18.2 Å². The number of thiazole rings is 1. The average molecular weight is 455 g/mol. The molecule has 0 aliphatic carbocycles. The van der Waals surface area contributed by atoms with Crippen molar-refractivity contribution < 1.29 is 9.59 Å². The Bertz CT molecular complexity index is 1320. The zero-order valence-corrected chi connectivity index (χ0v) is 19.5. The maximum atomic E-state index is 13.1. The minimum Gasteiger partial charge on any atom is -0.351 e. The molecule has 0 atom stereocenters. The molecule has 0 fully saturated rings. The summed E-state index contributed by atoms with van der Waals surface area (Å²) in [6.07, 6.45) is 0. The maximum absolute atomic E-state index is 13.1. The third kappa shape index (κ3) is 4.21. The van der Waals surface area contributed by atoms with Gasteiger partial charge in [0.2, 0.25) is 5.91 Å². The highest BCUT2D eigenvalue weighted by Gasteiger charge is 2.22. The Morgan fingerprint density at radius 1 is 1.10 bits per heavy atom. The second kappa shape index (κ2) is 8.20. The molecule has 160 valence electrons. The summed E-state index contributed by atoms with van der Waals surface area (Å²) < 4.78 is 1.69. The van der Waals surface area contributed by atoms with E-state index < -0.39 is 0 Å². The Hall–Kier alpha value is -3.11. The molecule has 0 radical (unpaired) electrons. The lowest BCUT2D eigenvalue weighted by molar-refractivity contribution is -0.119. The number of rotatable bonds is 5. The van der Waals surface area contributed by atoms with Crippen LogP contribution in [0.25, 0.3) is 16.2 Å². The molecule has 4 aromatic rings. The highest BCUT2D eigenvalue weighted by atomic mass is 32.1. The molecule has 0 aromatic carbocycles. The molecular weight excluding hydrogens is 432 g/mol. The minimum atomic E-state index is -0.275. The number of aryl methyl sites for hydroxylation is 4. The quantitative estimate of drug-likeness (QED) is 0.474. The van der Waals surface area contributed by atoms with Crippen molar-refractivity contribution in [1.29, 1.82) is 0 Å². The summed E-state index contributed by atoms with van der Waals surface area (Å²) in [5, 5.41) is 10.7. The number of carbonyl (C=O) groups excluding carboxylic acids is 2. The third-order valence-corrected chi connectivity index (χ3v) is 6.70.